The third-order valence-corrected chi connectivity index (χ3v) is 11.0. The van der Waals surface area contributed by atoms with Crippen LogP contribution in [0.15, 0.2) is 112 Å². The summed E-state index contributed by atoms with van der Waals surface area (Å²) in [6.07, 6.45) is 4.44. The molecule has 0 radical (unpaired) electrons. The number of anilines is 2. The Kier molecular flexibility index (Phi) is 10.5. The lowest BCUT2D eigenvalue weighted by Crippen LogP contribution is -2.30. The van der Waals surface area contributed by atoms with E-state index in [0.717, 1.165) is 40.8 Å². The minimum absolute atomic E-state index is 0.100. The van der Waals surface area contributed by atoms with Gasteiger partial charge in [0.25, 0.3) is 11.8 Å². The van der Waals surface area contributed by atoms with Crippen LogP contribution in [0.2, 0.25) is 0 Å². The molecule has 2 aromatic heterocycles. The van der Waals surface area contributed by atoms with E-state index in [1.807, 2.05) is 65.4 Å². The van der Waals surface area contributed by atoms with Gasteiger partial charge in [0.05, 0.1) is 5.56 Å². The van der Waals surface area contributed by atoms with Gasteiger partial charge in [-0.3, -0.25) is 14.4 Å². The van der Waals surface area contributed by atoms with Crippen LogP contribution in [0.5, 0.6) is 0 Å². The molecule has 240 valence electrons. The molecule has 2 atom stereocenters. The Balaban J connectivity index is 1.22. The van der Waals surface area contributed by atoms with Crippen molar-refractivity contribution in [3.8, 4) is 6.07 Å². The summed E-state index contributed by atoms with van der Waals surface area (Å²) in [5, 5.41) is 22.5. The fourth-order valence-electron chi connectivity index (χ4n) is 5.48. The largest absolute Gasteiger partial charge is 0.321 e. The number of hydrogen-bond donors (Lipinski definition) is 3. The van der Waals surface area contributed by atoms with Crippen LogP contribution < -0.4 is 16.0 Å². The van der Waals surface area contributed by atoms with Gasteiger partial charge < -0.3 is 16.0 Å². The van der Waals surface area contributed by atoms with Gasteiger partial charge in [-0.2, -0.15) is 16.6 Å². The summed E-state index contributed by atoms with van der Waals surface area (Å²) in [7, 11) is 0. The predicted molar refractivity (Wildman–Crippen MR) is 195 cm³/mol. The van der Waals surface area contributed by atoms with E-state index >= 15 is 0 Å². The zero-order chi connectivity index (χ0) is 33.5. The van der Waals surface area contributed by atoms with Gasteiger partial charge in [-0.15, -0.1) is 23.1 Å². The molecule has 2 heterocycles. The Hall–Kier alpha value is -4.95. The summed E-state index contributed by atoms with van der Waals surface area (Å²) in [5.74, 6) is -0.554. The Morgan fingerprint density at radius 3 is 2.48 bits per heavy atom. The lowest BCUT2D eigenvalue weighted by atomic mass is 9.88. The number of hydrogen-bond acceptors (Lipinski definition) is 7. The van der Waals surface area contributed by atoms with Crippen LogP contribution in [0, 0.1) is 17.2 Å². The molecule has 0 spiro atoms. The van der Waals surface area contributed by atoms with Gasteiger partial charge in [-0.25, -0.2) is 0 Å². The van der Waals surface area contributed by atoms with Crippen molar-refractivity contribution in [1.82, 2.24) is 5.32 Å². The molecule has 7 nitrogen and oxygen atoms in total. The van der Waals surface area contributed by atoms with Crippen molar-refractivity contribution in [3.63, 3.8) is 0 Å². The predicted octanol–water partition coefficient (Wildman–Crippen LogP) is 8.69. The number of rotatable bonds is 10. The highest BCUT2D eigenvalue weighted by molar-refractivity contribution is 8.00. The van der Waals surface area contributed by atoms with Gasteiger partial charge in [0.15, 0.2) is 0 Å². The van der Waals surface area contributed by atoms with E-state index in [-0.39, 0.29) is 11.6 Å². The van der Waals surface area contributed by atoms with Crippen LogP contribution in [0.25, 0.3) is 6.08 Å². The molecule has 1 aliphatic carbocycles. The molecule has 0 fully saturated rings. The van der Waals surface area contributed by atoms with Crippen LogP contribution in [0.3, 0.4) is 0 Å². The van der Waals surface area contributed by atoms with E-state index in [9.17, 15) is 19.6 Å². The first kappa shape index (κ1) is 33.0. The highest BCUT2D eigenvalue weighted by atomic mass is 32.2. The number of benzene rings is 3. The summed E-state index contributed by atoms with van der Waals surface area (Å²) in [4.78, 5) is 42.4. The van der Waals surface area contributed by atoms with E-state index in [1.165, 1.54) is 39.3 Å². The number of fused-ring (bicyclic) bond motifs is 1. The van der Waals surface area contributed by atoms with Crippen molar-refractivity contribution < 1.29 is 14.4 Å². The highest BCUT2D eigenvalue weighted by Gasteiger charge is 2.28. The van der Waals surface area contributed by atoms with Crippen LogP contribution in [-0.2, 0) is 22.4 Å². The number of nitriles is 1. The summed E-state index contributed by atoms with van der Waals surface area (Å²) in [6.45, 7) is 2.22. The summed E-state index contributed by atoms with van der Waals surface area (Å²) < 4.78 is 0. The van der Waals surface area contributed by atoms with Crippen molar-refractivity contribution in [3.05, 3.63) is 140 Å². The first-order valence-electron chi connectivity index (χ1n) is 15.5. The summed E-state index contributed by atoms with van der Waals surface area (Å²) in [5.41, 5.74) is 4.28. The highest BCUT2D eigenvalue weighted by Crippen LogP contribution is 2.42. The van der Waals surface area contributed by atoms with Crippen LogP contribution >= 0.6 is 34.4 Å². The fourth-order valence-corrected chi connectivity index (χ4v) is 8.55. The second-order valence-corrected chi connectivity index (χ2v) is 14.5. The first-order chi connectivity index (χ1) is 23.4. The van der Waals surface area contributed by atoms with E-state index in [2.05, 4.69) is 28.9 Å². The lowest BCUT2D eigenvalue weighted by Gasteiger charge is -2.18. The monoisotopic (exact) mass is 688 g/mol. The van der Waals surface area contributed by atoms with Gasteiger partial charge in [-0.05, 0) is 95.1 Å². The van der Waals surface area contributed by atoms with Gasteiger partial charge in [-0.1, -0.05) is 61.5 Å². The number of nitrogens with zero attached hydrogens (tertiary/aromatic N) is 1. The van der Waals surface area contributed by atoms with E-state index in [4.69, 9.17) is 0 Å². The van der Waals surface area contributed by atoms with Crippen molar-refractivity contribution in [1.29, 1.82) is 5.26 Å². The van der Waals surface area contributed by atoms with Crippen molar-refractivity contribution in [2.75, 3.05) is 10.6 Å². The number of carbonyl (C=O) groups excluding carboxylic acids is 3. The molecule has 0 aliphatic heterocycles. The maximum absolute atomic E-state index is 13.9. The molecule has 0 saturated carbocycles. The van der Waals surface area contributed by atoms with Gasteiger partial charge in [0, 0.05) is 21.0 Å². The molecule has 3 amide bonds. The van der Waals surface area contributed by atoms with Gasteiger partial charge in [0.1, 0.15) is 22.0 Å². The Bertz CT molecular complexity index is 2000. The summed E-state index contributed by atoms with van der Waals surface area (Å²) in [6, 6.07) is 29.7. The number of thiophene rings is 2. The Labute approximate surface area is 291 Å². The summed E-state index contributed by atoms with van der Waals surface area (Å²) >= 11 is 4.35. The van der Waals surface area contributed by atoms with Crippen LogP contribution in [0.1, 0.15) is 56.1 Å². The van der Waals surface area contributed by atoms with Gasteiger partial charge in [0.2, 0.25) is 5.91 Å². The zero-order valence-corrected chi connectivity index (χ0v) is 28.5. The molecule has 3 N–H and O–H groups in total. The average Bonchev–Trinajstić information content (AvgIpc) is 3.74. The minimum Gasteiger partial charge on any atom is -0.321 e. The second-order valence-electron chi connectivity index (χ2n) is 11.5. The second kappa shape index (κ2) is 15.3. The maximum Gasteiger partial charge on any atom is 0.272 e. The van der Waals surface area contributed by atoms with Crippen molar-refractivity contribution >= 4 is 68.9 Å². The van der Waals surface area contributed by atoms with E-state index in [0.29, 0.717) is 27.7 Å². The Morgan fingerprint density at radius 2 is 1.75 bits per heavy atom. The van der Waals surface area contributed by atoms with E-state index < -0.39 is 17.1 Å². The van der Waals surface area contributed by atoms with Crippen molar-refractivity contribution in [2.24, 2.45) is 5.92 Å². The molecule has 3 aromatic carbocycles. The van der Waals surface area contributed by atoms with Gasteiger partial charge >= 0.3 is 0 Å². The number of nitrogens with one attached hydrogen (secondary N) is 3. The average molecular weight is 689 g/mol. The molecular formula is C38H32N4O3S3. The molecule has 0 saturated heterocycles. The SMILES string of the molecule is CC1CCc2c(sc(NC(=O)C(Sc3cccc(NC(=O)/C(=C/c4ccsc4)NC(=O)c4ccccc4)c3)c3ccccc3)c2C#N)C1. The minimum atomic E-state index is -0.624. The molecule has 48 heavy (non-hydrogen) atoms. The standard InChI is InChI=1S/C38H32N4O3S3/c1-24-15-16-30-31(22-39)38(48-33(30)19-24)42-37(45)34(26-9-4-2-5-10-26)47-29-14-8-13-28(21-29)40-36(44)32(20-25-17-18-46-23-25)41-35(43)27-11-6-3-7-12-27/h2-14,17-18,20-21,23-24,34H,15-16,19H2,1H3,(H,40,44)(H,41,43)(H,42,45)/b32-20-. The molecular weight excluding hydrogens is 657 g/mol. The molecule has 5 aromatic rings. The topological polar surface area (TPSA) is 111 Å². The third kappa shape index (κ3) is 7.94. The molecule has 10 heteroatoms. The van der Waals surface area contributed by atoms with Crippen LogP contribution in [0.4, 0.5) is 10.7 Å². The van der Waals surface area contributed by atoms with E-state index in [1.54, 1.807) is 42.5 Å². The fraction of sp³-hybridized carbons (Fsp3) is 0.158. The van der Waals surface area contributed by atoms with Crippen LogP contribution in [-0.4, -0.2) is 17.7 Å². The smallest absolute Gasteiger partial charge is 0.272 e. The maximum atomic E-state index is 13.9. The first-order valence-corrected chi connectivity index (χ1v) is 18.1. The van der Waals surface area contributed by atoms with Crippen molar-refractivity contribution in [2.45, 2.75) is 36.3 Å². The number of carbonyl (C=O) groups is 3. The normalized spacial score (nSPS) is 14.7. The third-order valence-electron chi connectivity index (χ3n) is 7.93. The molecule has 0 bridgehead atoms. The Morgan fingerprint density at radius 1 is 0.979 bits per heavy atom. The number of thioether (sulfide) groups is 1. The lowest BCUT2D eigenvalue weighted by molar-refractivity contribution is -0.116. The molecule has 2 unspecified atom stereocenters. The quantitative estimate of drug-likeness (QED) is 0.100. The number of amides is 3. The molecule has 6 rings (SSSR count). The molecule has 1 aliphatic rings. The zero-order valence-electron chi connectivity index (χ0n) is 26.1.